The van der Waals surface area contributed by atoms with Gasteiger partial charge in [0.05, 0.1) is 0 Å². The van der Waals surface area contributed by atoms with Gasteiger partial charge in [-0.3, -0.25) is 4.79 Å². The van der Waals surface area contributed by atoms with E-state index in [9.17, 15) is 13.6 Å². The Morgan fingerprint density at radius 2 is 2.20 bits per heavy atom. The van der Waals surface area contributed by atoms with Crippen molar-refractivity contribution < 1.29 is 18.7 Å². The Kier molecular flexibility index (Phi) is 5.06. The van der Waals surface area contributed by atoms with Gasteiger partial charge in [-0.25, -0.2) is 8.78 Å². The molecule has 1 saturated heterocycles. The normalized spacial score (nSPS) is 19.1. The fourth-order valence-corrected chi connectivity index (χ4v) is 2.58. The monoisotopic (exact) mass is 283 g/mol. The molecule has 0 aromatic heterocycles. The van der Waals surface area contributed by atoms with Crippen molar-refractivity contribution in [2.24, 2.45) is 5.92 Å². The predicted octanol–water partition coefficient (Wildman–Crippen LogP) is 2.13. The minimum atomic E-state index is -0.881. The molecule has 110 valence electrons. The van der Waals surface area contributed by atoms with E-state index in [0.717, 1.165) is 18.9 Å². The second-order valence-corrected chi connectivity index (χ2v) is 5.24. The number of piperidine rings is 1. The Bertz CT molecular complexity index is 479. The van der Waals surface area contributed by atoms with E-state index in [1.807, 2.05) is 0 Å². The molecule has 1 aromatic carbocycles. The van der Waals surface area contributed by atoms with E-state index in [1.54, 1.807) is 4.90 Å². The lowest BCUT2D eigenvalue weighted by atomic mass is 9.98. The van der Waals surface area contributed by atoms with Crippen LogP contribution in [0.3, 0.4) is 0 Å². The molecule has 0 spiro atoms. The Labute approximate surface area is 117 Å². The smallest absolute Gasteiger partial charge is 0.222 e. The molecule has 0 saturated carbocycles. The van der Waals surface area contributed by atoms with E-state index < -0.39 is 11.6 Å². The second kappa shape index (κ2) is 6.79. The lowest BCUT2D eigenvalue weighted by Gasteiger charge is -2.32. The third-order valence-corrected chi connectivity index (χ3v) is 3.77. The number of benzene rings is 1. The van der Waals surface area contributed by atoms with Crippen molar-refractivity contribution in [2.45, 2.75) is 25.7 Å². The molecule has 1 aromatic rings. The molecule has 1 amide bonds. The quantitative estimate of drug-likeness (QED) is 0.919. The Morgan fingerprint density at radius 3 is 2.95 bits per heavy atom. The van der Waals surface area contributed by atoms with Gasteiger partial charge >= 0.3 is 0 Å². The van der Waals surface area contributed by atoms with Crippen LogP contribution in [0.4, 0.5) is 8.78 Å². The van der Waals surface area contributed by atoms with Crippen LogP contribution >= 0.6 is 0 Å². The maximum absolute atomic E-state index is 13.5. The van der Waals surface area contributed by atoms with Crippen LogP contribution < -0.4 is 0 Å². The number of likely N-dealkylation sites (tertiary alicyclic amines) is 1. The van der Waals surface area contributed by atoms with Crippen molar-refractivity contribution in [2.75, 3.05) is 19.7 Å². The second-order valence-electron chi connectivity index (χ2n) is 5.24. The number of aryl methyl sites for hydroxylation is 1. The van der Waals surface area contributed by atoms with Gasteiger partial charge in [0.15, 0.2) is 11.6 Å². The Balaban J connectivity index is 1.90. The van der Waals surface area contributed by atoms with Gasteiger partial charge in [-0.1, -0.05) is 12.1 Å². The van der Waals surface area contributed by atoms with E-state index in [0.29, 0.717) is 13.1 Å². The van der Waals surface area contributed by atoms with Gasteiger partial charge in [-0.15, -0.1) is 0 Å². The van der Waals surface area contributed by atoms with Crippen LogP contribution in [0.15, 0.2) is 18.2 Å². The van der Waals surface area contributed by atoms with E-state index in [1.165, 1.54) is 12.1 Å². The molecule has 1 fully saturated rings. The number of hydrogen-bond donors (Lipinski definition) is 1. The summed E-state index contributed by atoms with van der Waals surface area (Å²) in [6, 6.07) is 4.01. The van der Waals surface area contributed by atoms with Gasteiger partial charge in [0.2, 0.25) is 5.91 Å². The molecule has 1 unspecified atom stereocenters. The molecule has 1 aliphatic rings. The summed E-state index contributed by atoms with van der Waals surface area (Å²) in [6.07, 6.45) is 2.17. The SMILES string of the molecule is O=C(CCc1cccc(F)c1F)N1CCCC(CO)C1. The number of aliphatic hydroxyl groups is 1. The van der Waals surface area contributed by atoms with Crippen LogP contribution in [0.25, 0.3) is 0 Å². The van der Waals surface area contributed by atoms with Gasteiger partial charge in [0.1, 0.15) is 0 Å². The average Bonchev–Trinajstić information content (AvgIpc) is 2.48. The van der Waals surface area contributed by atoms with E-state index in [4.69, 9.17) is 5.11 Å². The topological polar surface area (TPSA) is 40.5 Å². The largest absolute Gasteiger partial charge is 0.396 e. The van der Waals surface area contributed by atoms with Crippen LogP contribution in [0.1, 0.15) is 24.8 Å². The summed E-state index contributed by atoms with van der Waals surface area (Å²) in [4.78, 5) is 13.8. The highest BCUT2D eigenvalue weighted by atomic mass is 19.2. The first-order chi connectivity index (χ1) is 9.61. The molecule has 0 bridgehead atoms. The fourth-order valence-electron chi connectivity index (χ4n) is 2.58. The van der Waals surface area contributed by atoms with E-state index in [-0.39, 0.29) is 36.8 Å². The molecule has 0 radical (unpaired) electrons. The number of halogens is 2. The molecule has 3 nitrogen and oxygen atoms in total. The highest BCUT2D eigenvalue weighted by Crippen LogP contribution is 2.18. The summed E-state index contributed by atoms with van der Waals surface area (Å²) in [5, 5.41) is 9.14. The number of carbonyl (C=O) groups excluding carboxylic acids is 1. The lowest BCUT2D eigenvalue weighted by Crippen LogP contribution is -2.41. The molecule has 1 N–H and O–H groups in total. The zero-order chi connectivity index (χ0) is 14.5. The summed E-state index contributed by atoms with van der Waals surface area (Å²) < 4.78 is 26.5. The van der Waals surface area contributed by atoms with Gasteiger partial charge < -0.3 is 10.0 Å². The number of amides is 1. The highest BCUT2D eigenvalue weighted by Gasteiger charge is 2.23. The van der Waals surface area contributed by atoms with Crippen molar-refractivity contribution in [3.05, 3.63) is 35.4 Å². The highest BCUT2D eigenvalue weighted by molar-refractivity contribution is 5.76. The standard InChI is InChI=1S/C15H19F2NO2/c16-13-5-1-4-12(15(13)17)6-7-14(20)18-8-2-3-11(9-18)10-19/h1,4-5,11,19H,2-3,6-10H2. The van der Waals surface area contributed by atoms with Gasteiger partial charge in [-0.05, 0) is 36.8 Å². The molecular formula is C15H19F2NO2. The van der Waals surface area contributed by atoms with Crippen LogP contribution in [0.5, 0.6) is 0 Å². The van der Waals surface area contributed by atoms with Crippen molar-refractivity contribution in [3.8, 4) is 0 Å². The fraction of sp³-hybridized carbons (Fsp3) is 0.533. The number of rotatable bonds is 4. The number of aliphatic hydroxyl groups excluding tert-OH is 1. The van der Waals surface area contributed by atoms with Crippen molar-refractivity contribution in [1.29, 1.82) is 0 Å². The minimum absolute atomic E-state index is 0.0631. The number of hydrogen-bond acceptors (Lipinski definition) is 2. The summed E-state index contributed by atoms with van der Waals surface area (Å²) in [6.45, 7) is 1.32. The average molecular weight is 283 g/mol. The third-order valence-electron chi connectivity index (χ3n) is 3.77. The zero-order valence-electron chi connectivity index (χ0n) is 11.3. The predicted molar refractivity (Wildman–Crippen MR) is 71.1 cm³/mol. The van der Waals surface area contributed by atoms with Crippen LogP contribution in [0.2, 0.25) is 0 Å². The molecule has 1 atom stereocenters. The number of carbonyl (C=O) groups is 1. The molecule has 1 aliphatic heterocycles. The molecule has 1 heterocycles. The molecule has 5 heteroatoms. The molecule has 20 heavy (non-hydrogen) atoms. The molecular weight excluding hydrogens is 264 g/mol. The lowest BCUT2D eigenvalue weighted by molar-refractivity contribution is -0.133. The van der Waals surface area contributed by atoms with E-state index in [2.05, 4.69) is 0 Å². The maximum Gasteiger partial charge on any atom is 0.222 e. The maximum atomic E-state index is 13.5. The van der Waals surface area contributed by atoms with Crippen molar-refractivity contribution in [3.63, 3.8) is 0 Å². The zero-order valence-corrected chi connectivity index (χ0v) is 11.3. The van der Waals surface area contributed by atoms with Crippen LogP contribution in [0, 0.1) is 17.6 Å². The first kappa shape index (κ1) is 14.9. The van der Waals surface area contributed by atoms with Gasteiger partial charge in [0.25, 0.3) is 0 Å². The van der Waals surface area contributed by atoms with Crippen LogP contribution in [-0.2, 0) is 11.2 Å². The first-order valence-corrected chi connectivity index (χ1v) is 6.93. The third kappa shape index (κ3) is 3.54. The summed E-state index contributed by atoms with van der Waals surface area (Å²) in [5.74, 6) is -1.68. The molecule has 2 rings (SSSR count). The molecule has 0 aliphatic carbocycles. The Hall–Kier alpha value is -1.49. The summed E-state index contributed by atoms with van der Waals surface area (Å²) in [7, 11) is 0. The Morgan fingerprint density at radius 1 is 1.40 bits per heavy atom. The minimum Gasteiger partial charge on any atom is -0.396 e. The summed E-state index contributed by atoms with van der Waals surface area (Å²) >= 11 is 0. The summed E-state index contributed by atoms with van der Waals surface area (Å²) in [5.41, 5.74) is 0.231. The van der Waals surface area contributed by atoms with E-state index >= 15 is 0 Å². The number of nitrogens with zero attached hydrogens (tertiary/aromatic N) is 1. The van der Waals surface area contributed by atoms with Crippen molar-refractivity contribution >= 4 is 5.91 Å². The van der Waals surface area contributed by atoms with Gasteiger partial charge in [-0.2, -0.15) is 0 Å². The van der Waals surface area contributed by atoms with Crippen molar-refractivity contribution in [1.82, 2.24) is 4.90 Å². The van der Waals surface area contributed by atoms with Crippen LogP contribution in [-0.4, -0.2) is 35.6 Å². The first-order valence-electron chi connectivity index (χ1n) is 6.93. The van der Waals surface area contributed by atoms with Gasteiger partial charge in [0, 0.05) is 26.1 Å².